The van der Waals surface area contributed by atoms with Crippen LogP contribution in [-0.4, -0.2) is 29.8 Å². The lowest BCUT2D eigenvalue weighted by Crippen LogP contribution is -2.30. The molecular formula is C19H22N2O2. The molecular weight excluding hydrogens is 288 g/mol. The van der Waals surface area contributed by atoms with Gasteiger partial charge in [-0.3, -0.25) is 9.59 Å². The van der Waals surface area contributed by atoms with Crippen LogP contribution < -0.4 is 5.32 Å². The maximum Gasteiger partial charge on any atom is 0.255 e. The number of hydrogen-bond donors (Lipinski definition) is 1. The molecule has 1 N–H and O–H groups in total. The van der Waals surface area contributed by atoms with Gasteiger partial charge in [-0.25, -0.2) is 0 Å². The maximum atomic E-state index is 12.4. The second-order valence-electron chi connectivity index (χ2n) is 5.33. The van der Waals surface area contributed by atoms with Gasteiger partial charge in [-0.2, -0.15) is 0 Å². The minimum Gasteiger partial charge on any atom is -0.339 e. The summed E-state index contributed by atoms with van der Waals surface area (Å²) < 4.78 is 0. The Morgan fingerprint density at radius 1 is 1.00 bits per heavy atom. The van der Waals surface area contributed by atoms with E-state index >= 15 is 0 Å². The molecule has 0 spiro atoms. The predicted molar refractivity (Wildman–Crippen MR) is 92.8 cm³/mol. The lowest BCUT2D eigenvalue weighted by atomic mass is 10.1. The molecule has 0 aromatic heterocycles. The fraction of sp³-hybridized carbons (Fsp3) is 0.263. The summed E-state index contributed by atoms with van der Waals surface area (Å²) in [5.41, 5.74) is 2.75. The van der Waals surface area contributed by atoms with Crippen molar-refractivity contribution in [1.29, 1.82) is 0 Å². The van der Waals surface area contributed by atoms with Crippen molar-refractivity contribution < 1.29 is 9.59 Å². The van der Waals surface area contributed by atoms with Crippen LogP contribution in [0.4, 0.5) is 5.69 Å². The number of hydrogen-bond acceptors (Lipinski definition) is 2. The molecule has 120 valence electrons. The fourth-order valence-electron chi connectivity index (χ4n) is 2.45. The van der Waals surface area contributed by atoms with Crippen molar-refractivity contribution in [1.82, 2.24) is 4.90 Å². The van der Waals surface area contributed by atoms with Gasteiger partial charge in [0.25, 0.3) is 11.8 Å². The zero-order chi connectivity index (χ0) is 16.8. The molecule has 0 saturated carbocycles. The van der Waals surface area contributed by atoms with Crippen LogP contribution in [-0.2, 0) is 0 Å². The second-order valence-corrected chi connectivity index (χ2v) is 5.33. The highest BCUT2D eigenvalue weighted by molar-refractivity contribution is 6.06. The van der Waals surface area contributed by atoms with Gasteiger partial charge in [0.2, 0.25) is 0 Å². The summed E-state index contributed by atoms with van der Waals surface area (Å²) in [5.74, 6) is -0.197. The Bertz CT molecular complexity index is 706. The standard InChI is InChI=1S/C19H22N2O2/c1-4-21(5-2)19(23)15-10-8-11-16(13-15)20-18(22)17-12-7-6-9-14(17)3/h6-13H,4-5H2,1-3H3,(H,20,22). The number of benzene rings is 2. The Kier molecular flexibility index (Phi) is 5.52. The van der Waals surface area contributed by atoms with Gasteiger partial charge in [-0.1, -0.05) is 24.3 Å². The van der Waals surface area contributed by atoms with Gasteiger partial charge in [0.1, 0.15) is 0 Å². The van der Waals surface area contributed by atoms with Crippen LogP contribution in [0.25, 0.3) is 0 Å². The normalized spacial score (nSPS) is 10.2. The minimum absolute atomic E-state index is 0.0259. The molecule has 0 aliphatic carbocycles. The monoisotopic (exact) mass is 310 g/mol. The minimum atomic E-state index is -0.171. The van der Waals surface area contributed by atoms with Crippen molar-refractivity contribution in [2.45, 2.75) is 20.8 Å². The van der Waals surface area contributed by atoms with E-state index in [-0.39, 0.29) is 11.8 Å². The summed E-state index contributed by atoms with van der Waals surface area (Å²) in [6, 6.07) is 14.5. The number of carbonyl (C=O) groups excluding carboxylic acids is 2. The Balaban J connectivity index is 2.19. The molecule has 4 nitrogen and oxygen atoms in total. The SMILES string of the molecule is CCN(CC)C(=O)c1cccc(NC(=O)c2ccccc2C)c1. The summed E-state index contributed by atoms with van der Waals surface area (Å²) in [4.78, 5) is 26.5. The molecule has 0 bridgehead atoms. The molecule has 2 aromatic rings. The average Bonchev–Trinajstić information content (AvgIpc) is 2.56. The lowest BCUT2D eigenvalue weighted by molar-refractivity contribution is 0.0772. The number of nitrogens with zero attached hydrogens (tertiary/aromatic N) is 1. The summed E-state index contributed by atoms with van der Waals surface area (Å²) in [7, 11) is 0. The summed E-state index contributed by atoms with van der Waals surface area (Å²) in [6.45, 7) is 7.12. The highest BCUT2D eigenvalue weighted by atomic mass is 16.2. The first-order valence-electron chi connectivity index (χ1n) is 7.83. The molecule has 0 radical (unpaired) electrons. The Morgan fingerprint density at radius 3 is 2.35 bits per heavy atom. The smallest absolute Gasteiger partial charge is 0.255 e. The van der Waals surface area contributed by atoms with E-state index in [1.165, 1.54) is 0 Å². The van der Waals surface area contributed by atoms with Gasteiger partial charge in [-0.15, -0.1) is 0 Å². The molecule has 0 unspecified atom stereocenters. The number of anilines is 1. The molecule has 0 aliphatic heterocycles. The van der Waals surface area contributed by atoms with E-state index in [4.69, 9.17) is 0 Å². The van der Waals surface area contributed by atoms with Crippen LogP contribution in [0.3, 0.4) is 0 Å². The van der Waals surface area contributed by atoms with E-state index in [0.717, 1.165) is 5.56 Å². The van der Waals surface area contributed by atoms with E-state index in [1.807, 2.05) is 39.0 Å². The Morgan fingerprint density at radius 2 is 1.70 bits per heavy atom. The highest BCUT2D eigenvalue weighted by Gasteiger charge is 2.14. The number of rotatable bonds is 5. The Labute approximate surface area is 137 Å². The quantitative estimate of drug-likeness (QED) is 0.915. The van der Waals surface area contributed by atoms with Crippen LogP contribution in [0.1, 0.15) is 40.1 Å². The molecule has 4 heteroatoms. The van der Waals surface area contributed by atoms with Gasteiger partial charge in [0.15, 0.2) is 0 Å². The van der Waals surface area contributed by atoms with Crippen molar-refractivity contribution in [3.63, 3.8) is 0 Å². The third-order valence-electron chi connectivity index (χ3n) is 3.81. The largest absolute Gasteiger partial charge is 0.339 e. The van der Waals surface area contributed by atoms with Crippen molar-refractivity contribution in [2.24, 2.45) is 0 Å². The second kappa shape index (κ2) is 7.58. The predicted octanol–water partition coefficient (Wildman–Crippen LogP) is 3.73. The Hall–Kier alpha value is -2.62. The van der Waals surface area contributed by atoms with Crippen molar-refractivity contribution in [3.05, 3.63) is 65.2 Å². The first-order chi connectivity index (χ1) is 11.1. The maximum absolute atomic E-state index is 12.4. The number of carbonyl (C=O) groups is 2. The summed E-state index contributed by atoms with van der Waals surface area (Å²) >= 11 is 0. The first-order valence-corrected chi connectivity index (χ1v) is 7.83. The molecule has 0 fully saturated rings. The van der Waals surface area contributed by atoms with Gasteiger partial charge >= 0.3 is 0 Å². The van der Waals surface area contributed by atoms with E-state index < -0.39 is 0 Å². The number of nitrogens with one attached hydrogen (secondary N) is 1. The van der Waals surface area contributed by atoms with Gasteiger partial charge in [0, 0.05) is 29.9 Å². The summed E-state index contributed by atoms with van der Waals surface area (Å²) in [6.07, 6.45) is 0. The van der Waals surface area contributed by atoms with E-state index in [1.54, 1.807) is 35.2 Å². The zero-order valence-electron chi connectivity index (χ0n) is 13.8. The fourth-order valence-corrected chi connectivity index (χ4v) is 2.45. The lowest BCUT2D eigenvalue weighted by Gasteiger charge is -2.19. The summed E-state index contributed by atoms with van der Waals surface area (Å²) in [5, 5.41) is 2.86. The van der Waals surface area contributed by atoms with Crippen LogP contribution in [0.5, 0.6) is 0 Å². The van der Waals surface area contributed by atoms with Gasteiger partial charge < -0.3 is 10.2 Å². The number of aryl methyl sites for hydroxylation is 1. The van der Waals surface area contributed by atoms with Gasteiger partial charge in [0.05, 0.1) is 0 Å². The van der Waals surface area contributed by atoms with Crippen molar-refractivity contribution in [2.75, 3.05) is 18.4 Å². The van der Waals surface area contributed by atoms with Crippen LogP contribution in [0.15, 0.2) is 48.5 Å². The van der Waals surface area contributed by atoms with E-state index in [0.29, 0.717) is 29.9 Å². The molecule has 2 amide bonds. The van der Waals surface area contributed by atoms with Crippen LogP contribution >= 0.6 is 0 Å². The molecule has 0 aliphatic rings. The molecule has 23 heavy (non-hydrogen) atoms. The van der Waals surface area contributed by atoms with E-state index in [9.17, 15) is 9.59 Å². The van der Waals surface area contributed by atoms with Crippen molar-refractivity contribution in [3.8, 4) is 0 Å². The molecule has 2 aromatic carbocycles. The molecule has 0 saturated heterocycles. The van der Waals surface area contributed by atoms with Crippen LogP contribution in [0, 0.1) is 6.92 Å². The first kappa shape index (κ1) is 16.7. The zero-order valence-corrected chi connectivity index (χ0v) is 13.8. The average molecular weight is 310 g/mol. The third kappa shape index (κ3) is 3.97. The molecule has 0 atom stereocenters. The molecule has 0 heterocycles. The number of amides is 2. The van der Waals surface area contributed by atoms with E-state index in [2.05, 4.69) is 5.32 Å². The molecule has 2 rings (SSSR count). The third-order valence-corrected chi connectivity index (χ3v) is 3.81. The van der Waals surface area contributed by atoms with Gasteiger partial charge in [-0.05, 0) is 50.6 Å². The van der Waals surface area contributed by atoms with Crippen molar-refractivity contribution >= 4 is 17.5 Å². The highest BCUT2D eigenvalue weighted by Crippen LogP contribution is 2.15. The topological polar surface area (TPSA) is 49.4 Å². The van der Waals surface area contributed by atoms with Crippen LogP contribution in [0.2, 0.25) is 0 Å².